The average molecular weight is 315 g/mol. The fourth-order valence-corrected chi connectivity index (χ4v) is 3.79. The number of nitrogens with zero attached hydrogens (tertiary/aromatic N) is 3. The normalized spacial score (nSPS) is 14.4. The molecule has 1 heterocycles. The van der Waals surface area contributed by atoms with E-state index in [1.807, 2.05) is 31.4 Å². The zero-order valence-corrected chi connectivity index (χ0v) is 14.1. The van der Waals surface area contributed by atoms with Crippen LogP contribution >= 0.6 is 11.3 Å². The fraction of sp³-hybridized carbons (Fsp3) is 0.412. The van der Waals surface area contributed by atoms with E-state index in [9.17, 15) is 4.79 Å². The second-order valence-electron chi connectivity index (χ2n) is 6.11. The SMILES string of the molecule is CN(C)Cc1nc(C(=O)N(C)C2Cc3ccccc3C2)cs1. The van der Waals surface area contributed by atoms with Crippen molar-refractivity contribution in [1.29, 1.82) is 0 Å². The Morgan fingerprint density at radius 3 is 2.45 bits per heavy atom. The molecular weight excluding hydrogens is 294 g/mol. The van der Waals surface area contributed by atoms with Crippen LogP contribution in [0.3, 0.4) is 0 Å². The van der Waals surface area contributed by atoms with Crippen molar-refractivity contribution in [3.8, 4) is 0 Å². The first-order chi connectivity index (χ1) is 10.5. The Bertz CT molecular complexity index is 655. The lowest BCUT2D eigenvalue weighted by Gasteiger charge is -2.23. The van der Waals surface area contributed by atoms with Crippen molar-refractivity contribution in [2.24, 2.45) is 0 Å². The maximum atomic E-state index is 12.6. The van der Waals surface area contributed by atoms with Crippen LogP contribution in [-0.2, 0) is 19.4 Å². The Hall–Kier alpha value is -1.72. The van der Waals surface area contributed by atoms with Crippen molar-refractivity contribution in [1.82, 2.24) is 14.8 Å². The molecule has 0 aliphatic heterocycles. The molecule has 0 spiro atoms. The van der Waals surface area contributed by atoms with Gasteiger partial charge in [-0.05, 0) is 38.1 Å². The molecule has 0 radical (unpaired) electrons. The van der Waals surface area contributed by atoms with Gasteiger partial charge < -0.3 is 9.80 Å². The molecule has 0 atom stereocenters. The number of thiazole rings is 1. The first-order valence-corrected chi connectivity index (χ1v) is 8.35. The minimum absolute atomic E-state index is 0.0269. The van der Waals surface area contributed by atoms with Crippen molar-refractivity contribution in [2.75, 3.05) is 21.1 Å². The molecule has 0 saturated carbocycles. The number of fused-ring (bicyclic) bond motifs is 1. The van der Waals surface area contributed by atoms with Gasteiger partial charge in [-0.3, -0.25) is 4.79 Å². The standard InChI is InChI=1S/C17H21N3OS/c1-19(2)10-16-18-15(11-22-16)17(21)20(3)14-8-12-6-4-5-7-13(12)9-14/h4-7,11,14H,8-10H2,1-3H3. The minimum atomic E-state index is 0.0269. The van der Waals surface area contributed by atoms with Crippen LogP contribution in [0.5, 0.6) is 0 Å². The molecular formula is C17H21N3OS. The van der Waals surface area contributed by atoms with Crippen LogP contribution < -0.4 is 0 Å². The molecule has 116 valence electrons. The smallest absolute Gasteiger partial charge is 0.273 e. The Kier molecular flexibility index (Phi) is 4.27. The second kappa shape index (κ2) is 6.18. The fourth-order valence-electron chi connectivity index (χ4n) is 2.91. The molecule has 1 aromatic heterocycles. The largest absolute Gasteiger partial charge is 0.337 e. The zero-order chi connectivity index (χ0) is 15.7. The van der Waals surface area contributed by atoms with Crippen LogP contribution in [0.2, 0.25) is 0 Å². The molecule has 4 nitrogen and oxygen atoms in total. The molecule has 0 unspecified atom stereocenters. The Labute approximate surface area is 135 Å². The molecule has 2 aromatic rings. The third kappa shape index (κ3) is 3.05. The van der Waals surface area contributed by atoms with Gasteiger partial charge in [-0.2, -0.15) is 0 Å². The van der Waals surface area contributed by atoms with E-state index in [1.54, 1.807) is 11.3 Å². The van der Waals surface area contributed by atoms with Crippen molar-refractivity contribution < 1.29 is 4.79 Å². The molecule has 0 N–H and O–H groups in total. The van der Waals surface area contributed by atoms with Gasteiger partial charge in [0.2, 0.25) is 0 Å². The number of rotatable bonds is 4. The number of benzene rings is 1. The van der Waals surface area contributed by atoms with Crippen LogP contribution in [-0.4, -0.2) is 47.9 Å². The summed E-state index contributed by atoms with van der Waals surface area (Å²) in [7, 11) is 5.90. The van der Waals surface area contributed by atoms with E-state index in [0.717, 1.165) is 24.4 Å². The monoisotopic (exact) mass is 315 g/mol. The quantitative estimate of drug-likeness (QED) is 0.869. The molecule has 0 bridgehead atoms. The number of carbonyl (C=O) groups is 1. The van der Waals surface area contributed by atoms with E-state index in [1.165, 1.54) is 11.1 Å². The second-order valence-corrected chi connectivity index (χ2v) is 7.05. The molecule has 5 heteroatoms. The average Bonchev–Trinajstić information content (AvgIpc) is 3.11. The third-order valence-corrected chi connectivity index (χ3v) is 4.95. The number of hydrogen-bond donors (Lipinski definition) is 0. The lowest BCUT2D eigenvalue weighted by molar-refractivity contribution is 0.0732. The van der Waals surface area contributed by atoms with Gasteiger partial charge in [0.05, 0.1) is 0 Å². The highest BCUT2D eigenvalue weighted by Crippen LogP contribution is 2.25. The van der Waals surface area contributed by atoms with Crippen molar-refractivity contribution in [2.45, 2.75) is 25.4 Å². The van der Waals surface area contributed by atoms with Crippen molar-refractivity contribution in [3.63, 3.8) is 0 Å². The van der Waals surface area contributed by atoms with E-state index in [4.69, 9.17) is 0 Å². The zero-order valence-electron chi connectivity index (χ0n) is 13.2. The molecule has 3 rings (SSSR count). The van der Waals surface area contributed by atoms with Crippen LogP contribution in [0, 0.1) is 0 Å². The number of carbonyl (C=O) groups excluding carboxylic acids is 1. The maximum absolute atomic E-state index is 12.6. The van der Waals surface area contributed by atoms with Gasteiger partial charge in [0.15, 0.2) is 0 Å². The first kappa shape index (κ1) is 15.2. The van der Waals surface area contributed by atoms with Gasteiger partial charge in [0.25, 0.3) is 5.91 Å². The molecule has 1 aromatic carbocycles. The van der Waals surface area contributed by atoms with Gasteiger partial charge in [-0.25, -0.2) is 4.98 Å². The van der Waals surface area contributed by atoms with E-state index < -0.39 is 0 Å². The molecule has 1 aliphatic rings. The lowest BCUT2D eigenvalue weighted by atomic mass is 10.1. The topological polar surface area (TPSA) is 36.4 Å². The van der Waals surface area contributed by atoms with Crippen LogP contribution in [0.4, 0.5) is 0 Å². The highest BCUT2D eigenvalue weighted by Gasteiger charge is 2.28. The number of likely N-dealkylation sites (N-methyl/N-ethyl adjacent to an activating group) is 1. The number of hydrogen-bond acceptors (Lipinski definition) is 4. The summed E-state index contributed by atoms with van der Waals surface area (Å²) >= 11 is 1.55. The van der Waals surface area contributed by atoms with E-state index in [0.29, 0.717) is 5.69 Å². The highest BCUT2D eigenvalue weighted by molar-refractivity contribution is 7.09. The Morgan fingerprint density at radius 1 is 1.23 bits per heavy atom. The first-order valence-electron chi connectivity index (χ1n) is 7.47. The van der Waals surface area contributed by atoms with E-state index in [2.05, 4.69) is 34.1 Å². The third-order valence-electron chi connectivity index (χ3n) is 4.12. The Morgan fingerprint density at radius 2 is 1.86 bits per heavy atom. The highest BCUT2D eigenvalue weighted by atomic mass is 32.1. The van der Waals surface area contributed by atoms with E-state index >= 15 is 0 Å². The summed E-state index contributed by atoms with van der Waals surface area (Å²) in [6.07, 6.45) is 1.88. The van der Waals surface area contributed by atoms with E-state index in [-0.39, 0.29) is 11.9 Å². The minimum Gasteiger partial charge on any atom is -0.337 e. The van der Waals surface area contributed by atoms with Gasteiger partial charge in [-0.15, -0.1) is 11.3 Å². The summed E-state index contributed by atoms with van der Waals surface area (Å²) < 4.78 is 0. The predicted molar refractivity (Wildman–Crippen MR) is 89.2 cm³/mol. The van der Waals surface area contributed by atoms with Crippen LogP contribution in [0.1, 0.15) is 26.6 Å². The summed E-state index contributed by atoms with van der Waals surface area (Å²) in [6, 6.07) is 8.69. The lowest BCUT2D eigenvalue weighted by Crippen LogP contribution is -2.37. The van der Waals surface area contributed by atoms with Crippen LogP contribution in [0.25, 0.3) is 0 Å². The molecule has 1 amide bonds. The summed E-state index contributed by atoms with van der Waals surface area (Å²) in [5.74, 6) is 0.0269. The van der Waals surface area contributed by atoms with Gasteiger partial charge >= 0.3 is 0 Å². The maximum Gasteiger partial charge on any atom is 0.273 e. The molecule has 1 aliphatic carbocycles. The predicted octanol–water partition coefficient (Wildman–Crippen LogP) is 2.44. The summed E-state index contributed by atoms with van der Waals surface area (Å²) in [6.45, 7) is 0.774. The van der Waals surface area contributed by atoms with Gasteiger partial charge in [0.1, 0.15) is 10.7 Å². The van der Waals surface area contributed by atoms with Crippen molar-refractivity contribution in [3.05, 3.63) is 51.5 Å². The molecule has 0 fully saturated rings. The van der Waals surface area contributed by atoms with Gasteiger partial charge in [-0.1, -0.05) is 24.3 Å². The van der Waals surface area contributed by atoms with Crippen molar-refractivity contribution >= 4 is 17.2 Å². The Balaban J connectivity index is 1.69. The number of aromatic nitrogens is 1. The van der Waals surface area contributed by atoms with Gasteiger partial charge in [0, 0.05) is 25.0 Å². The summed E-state index contributed by atoms with van der Waals surface area (Å²) in [5, 5.41) is 2.86. The summed E-state index contributed by atoms with van der Waals surface area (Å²) in [5.41, 5.74) is 3.29. The molecule has 0 saturated heterocycles. The number of amides is 1. The van der Waals surface area contributed by atoms with Crippen LogP contribution in [0.15, 0.2) is 29.6 Å². The summed E-state index contributed by atoms with van der Waals surface area (Å²) in [4.78, 5) is 21.0. The molecule has 22 heavy (non-hydrogen) atoms.